The fourth-order valence-electron chi connectivity index (χ4n) is 3.61. The first-order chi connectivity index (χ1) is 16.2. The lowest BCUT2D eigenvalue weighted by Crippen LogP contribution is -2.30. The minimum absolute atomic E-state index is 0.0785. The lowest BCUT2D eigenvalue weighted by atomic mass is 10.0. The summed E-state index contributed by atoms with van der Waals surface area (Å²) in [4.78, 5) is 19.5. The number of nitrogens with one attached hydrogen (secondary N) is 1. The van der Waals surface area contributed by atoms with Crippen LogP contribution in [0.1, 0.15) is 26.5 Å². The summed E-state index contributed by atoms with van der Waals surface area (Å²) in [5.41, 5.74) is 2.60. The Labute approximate surface area is 202 Å². The zero-order valence-electron chi connectivity index (χ0n) is 18.6. The molecule has 9 heteroatoms. The van der Waals surface area contributed by atoms with Crippen LogP contribution >= 0.6 is 11.3 Å². The number of hydrogen-bond donors (Lipinski definition) is 1. The van der Waals surface area contributed by atoms with Gasteiger partial charge in [-0.3, -0.25) is 4.79 Å². The number of rotatable bonds is 7. The highest BCUT2D eigenvalue weighted by Crippen LogP contribution is 2.32. The Morgan fingerprint density at radius 2 is 1.79 bits per heavy atom. The van der Waals surface area contributed by atoms with E-state index in [1.165, 1.54) is 16.7 Å². The smallest absolute Gasteiger partial charge is 0.284 e. The zero-order chi connectivity index (χ0) is 24.3. The second-order valence-electron chi connectivity index (χ2n) is 7.85. The van der Waals surface area contributed by atoms with Crippen molar-refractivity contribution in [2.24, 2.45) is 0 Å². The number of amides is 1. The highest BCUT2D eigenvalue weighted by atomic mass is 32.2. The first-order valence-electron chi connectivity index (χ1n) is 10.5. The lowest BCUT2D eigenvalue weighted by Gasteiger charge is -2.22. The molecule has 0 atom stereocenters. The van der Waals surface area contributed by atoms with Gasteiger partial charge in [0.1, 0.15) is 5.69 Å². The van der Waals surface area contributed by atoms with Crippen LogP contribution in [-0.4, -0.2) is 32.1 Å². The standard InChI is InChI=1S/C25H22N4O3S2/c1-17-23(24(30)28-34(2,31)32)27-25(33-17)29(22-11-8-19(16-26)9-12-22)14-13-18-7-10-20-5-3-4-6-21(20)15-18/h3-12,15H,13-14H2,1-2H3,(H,28,30). The molecule has 1 N–H and O–H groups in total. The number of hydrogen-bond acceptors (Lipinski definition) is 7. The van der Waals surface area contributed by atoms with Crippen molar-refractivity contribution < 1.29 is 13.2 Å². The van der Waals surface area contributed by atoms with Gasteiger partial charge in [0, 0.05) is 17.1 Å². The number of carbonyl (C=O) groups is 1. The molecule has 0 fully saturated rings. The van der Waals surface area contributed by atoms with E-state index in [9.17, 15) is 13.2 Å². The fourth-order valence-corrected chi connectivity index (χ4v) is 5.00. The van der Waals surface area contributed by atoms with Crippen molar-refractivity contribution in [2.75, 3.05) is 17.7 Å². The summed E-state index contributed by atoms with van der Waals surface area (Å²) in [6.07, 6.45) is 1.65. The van der Waals surface area contributed by atoms with Gasteiger partial charge < -0.3 is 4.90 Å². The summed E-state index contributed by atoms with van der Waals surface area (Å²) in [5, 5.41) is 12.1. The van der Waals surface area contributed by atoms with Crippen LogP contribution in [0.3, 0.4) is 0 Å². The maximum absolute atomic E-state index is 12.4. The molecule has 7 nitrogen and oxygen atoms in total. The number of anilines is 2. The molecule has 1 heterocycles. The number of benzene rings is 3. The monoisotopic (exact) mass is 490 g/mol. The second kappa shape index (κ2) is 9.63. The Balaban J connectivity index is 1.66. The average Bonchev–Trinajstić information content (AvgIpc) is 3.20. The van der Waals surface area contributed by atoms with Gasteiger partial charge in [-0.15, -0.1) is 11.3 Å². The van der Waals surface area contributed by atoms with E-state index >= 15 is 0 Å². The maximum atomic E-state index is 12.4. The van der Waals surface area contributed by atoms with E-state index in [0.717, 1.165) is 22.9 Å². The van der Waals surface area contributed by atoms with Crippen LogP contribution in [0.2, 0.25) is 0 Å². The molecule has 0 saturated heterocycles. The van der Waals surface area contributed by atoms with Gasteiger partial charge in [0.05, 0.1) is 17.9 Å². The maximum Gasteiger partial charge on any atom is 0.284 e. The van der Waals surface area contributed by atoms with Gasteiger partial charge in [-0.2, -0.15) is 5.26 Å². The molecule has 0 bridgehead atoms. The molecule has 0 radical (unpaired) electrons. The van der Waals surface area contributed by atoms with Gasteiger partial charge in [0.15, 0.2) is 5.13 Å². The van der Waals surface area contributed by atoms with Crippen LogP contribution in [0.4, 0.5) is 10.8 Å². The van der Waals surface area contributed by atoms with Crippen LogP contribution < -0.4 is 9.62 Å². The number of nitriles is 1. The van der Waals surface area contributed by atoms with Crippen molar-refractivity contribution in [1.29, 1.82) is 5.26 Å². The average molecular weight is 491 g/mol. The third-order valence-electron chi connectivity index (χ3n) is 5.26. The normalized spacial score (nSPS) is 11.2. The summed E-state index contributed by atoms with van der Waals surface area (Å²) in [5.74, 6) is -0.753. The van der Waals surface area contributed by atoms with Gasteiger partial charge in [-0.05, 0) is 53.9 Å². The molecule has 172 valence electrons. The van der Waals surface area contributed by atoms with Crippen molar-refractivity contribution in [1.82, 2.24) is 9.71 Å². The molecule has 0 spiro atoms. The van der Waals surface area contributed by atoms with E-state index < -0.39 is 15.9 Å². The Morgan fingerprint density at radius 3 is 2.47 bits per heavy atom. The van der Waals surface area contributed by atoms with E-state index in [2.05, 4.69) is 41.4 Å². The first-order valence-corrected chi connectivity index (χ1v) is 13.2. The molecule has 4 aromatic rings. The molecule has 3 aromatic carbocycles. The van der Waals surface area contributed by atoms with Crippen molar-refractivity contribution in [3.05, 3.63) is 88.4 Å². The SMILES string of the molecule is Cc1sc(N(CCc2ccc3ccccc3c2)c2ccc(C#N)cc2)nc1C(=O)NS(C)(=O)=O. The van der Waals surface area contributed by atoms with E-state index in [-0.39, 0.29) is 5.69 Å². The van der Waals surface area contributed by atoms with Crippen molar-refractivity contribution in [2.45, 2.75) is 13.3 Å². The van der Waals surface area contributed by atoms with Crippen LogP contribution in [0.15, 0.2) is 66.7 Å². The molecule has 0 aliphatic carbocycles. The van der Waals surface area contributed by atoms with Crippen LogP contribution in [0, 0.1) is 18.3 Å². The Bertz CT molecular complexity index is 1500. The fraction of sp³-hybridized carbons (Fsp3) is 0.160. The summed E-state index contributed by atoms with van der Waals surface area (Å²) >= 11 is 1.31. The summed E-state index contributed by atoms with van der Waals surface area (Å²) in [6, 6.07) is 23.8. The van der Waals surface area contributed by atoms with Gasteiger partial charge >= 0.3 is 0 Å². The molecule has 1 aromatic heterocycles. The highest BCUT2D eigenvalue weighted by molar-refractivity contribution is 7.89. The van der Waals surface area contributed by atoms with Crippen molar-refractivity contribution in [3.8, 4) is 6.07 Å². The quantitative estimate of drug-likeness (QED) is 0.408. The number of thiazole rings is 1. The van der Waals surface area contributed by atoms with E-state index in [1.54, 1.807) is 19.1 Å². The minimum Gasteiger partial charge on any atom is -0.317 e. The molecule has 4 rings (SSSR count). The van der Waals surface area contributed by atoms with Crippen LogP contribution in [0.25, 0.3) is 10.8 Å². The predicted octanol–water partition coefficient (Wildman–Crippen LogP) is 4.55. The van der Waals surface area contributed by atoms with Gasteiger partial charge in [0.2, 0.25) is 10.0 Å². The molecule has 34 heavy (non-hydrogen) atoms. The Kier molecular flexibility index (Phi) is 6.63. The van der Waals surface area contributed by atoms with E-state index in [0.29, 0.717) is 28.5 Å². The number of sulfonamides is 1. The van der Waals surface area contributed by atoms with Crippen LogP contribution in [0.5, 0.6) is 0 Å². The second-order valence-corrected chi connectivity index (χ2v) is 10.8. The van der Waals surface area contributed by atoms with Gasteiger partial charge in [0.25, 0.3) is 5.91 Å². The zero-order valence-corrected chi connectivity index (χ0v) is 20.3. The summed E-state index contributed by atoms with van der Waals surface area (Å²) in [6.45, 7) is 2.31. The molecule has 0 aliphatic heterocycles. The summed E-state index contributed by atoms with van der Waals surface area (Å²) in [7, 11) is -3.70. The molecular formula is C25H22N4O3S2. The summed E-state index contributed by atoms with van der Waals surface area (Å²) < 4.78 is 25.0. The number of fused-ring (bicyclic) bond motifs is 1. The highest BCUT2D eigenvalue weighted by Gasteiger charge is 2.22. The molecule has 0 unspecified atom stereocenters. The lowest BCUT2D eigenvalue weighted by molar-refractivity contribution is 0.0977. The number of carbonyl (C=O) groups excluding carboxylic acids is 1. The minimum atomic E-state index is -3.70. The molecule has 0 aliphatic rings. The van der Waals surface area contributed by atoms with Crippen LogP contribution in [-0.2, 0) is 16.4 Å². The van der Waals surface area contributed by atoms with E-state index in [1.807, 2.05) is 33.9 Å². The van der Waals surface area contributed by atoms with E-state index in [4.69, 9.17) is 5.26 Å². The third kappa shape index (κ3) is 5.42. The van der Waals surface area contributed by atoms with Gasteiger partial charge in [-0.1, -0.05) is 42.5 Å². The molecular weight excluding hydrogens is 468 g/mol. The topological polar surface area (TPSA) is 103 Å². The third-order valence-corrected chi connectivity index (χ3v) is 6.81. The number of aryl methyl sites for hydroxylation is 1. The van der Waals surface area contributed by atoms with Gasteiger partial charge in [-0.25, -0.2) is 18.1 Å². The molecule has 0 saturated carbocycles. The Hall–Kier alpha value is -3.74. The number of aromatic nitrogens is 1. The molecule has 1 amide bonds. The largest absolute Gasteiger partial charge is 0.317 e. The van der Waals surface area contributed by atoms with Crippen molar-refractivity contribution >= 4 is 48.9 Å². The Morgan fingerprint density at radius 1 is 1.09 bits per heavy atom. The predicted molar refractivity (Wildman–Crippen MR) is 135 cm³/mol. The first kappa shape index (κ1) is 23.4. The van der Waals surface area contributed by atoms with Crippen molar-refractivity contribution in [3.63, 3.8) is 0 Å². The number of nitrogens with zero attached hydrogens (tertiary/aromatic N) is 3.